The Balaban J connectivity index is 1.53. The molecule has 7 nitrogen and oxygen atoms in total. The number of carbonyl (C=O) groups is 1. The molecule has 0 bridgehead atoms. The van der Waals surface area contributed by atoms with Crippen molar-refractivity contribution in [2.75, 3.05) is 18.1 Å². The van der Waals surface area contributed by atoms with Gasteiger partial charge in [-0.25, -0.2) is 0 Å². The maximum atomic E-state index is 13.4. The van der Waals surface area contributed by atoms with Gasteiger partial charge in [-0.3, -0.25) is 9.69 Å². The van der Waals surface area contributed by atoms with Crippen molar-refractivity contribution in [2.45, 2.75) is 18.8 Å². The summed E-state index contributed by atoms with van der Waals surface area (Å²) in [6.45, 7) is 0.816. The molecule has 0 atom stereocenters. The van der Waals surface area contributed by atoms with Gasteiger partial charge in [-0.15, -0.1) is 10.2 Å². The van der Waals surface area contributed by atoms with Gasteiger partial charge in [0, 0.05) is 11.1 Å². The quantitative estimate of drug-likeness (QED) is 0.618. The van der Waals surface area contributed by atoms with Gasteiger partial charge in [0.1, 0.15) is 6.54 Å². The number of carbonyl (C=O) groups excluding carboxylic acids is 1. The topological polar surface area (TPSA) is 77.7 Å². The van der Waals surface area contributed by atoms with Gasteiger partial charge < -0.3 is 13.9 Å². The van der Waals surface area contributed by atoms with Crippen molar-refractivity contribution < 1.29 is 18.7 Å². The lowest BCUT2D eigenvalue weighted by molar-refractivity contribution is -0.256. The van der Waals surface area contributed by atoms with E-state index in [0.29, 0.717) is 41.8 Å². The molecule has 1 fully saturated rings. The second kappa shape index (κ2) is 7.11. The van der Waals surface area contributed by atoms with Gasteiger partial charge in [-0.2, -0.15) is 0 Å². The van der Waals surface area contributed by atoms with Crippen molar-refractivity contribution >= 4 is 34.8 Å². The molecule has 1 aromatic heterocycles. The highest BCUT2D eigenvalue weighted by Gasteiger charge is 2.56. The van der Waals surface area contributed by atoms with Gasteiger partial charge >= 0.3 is 0 Å². The third kappa shape index (κ3) is 2.93. The number of anilines is 1. The van der Waals surface area contributed by atoms with Crippen LogP contribution in [0.2, 0.25) is 10.0 Å². The zero-order valence-electron chi connectivity index (χ0n) is 15.1. The Morgan fingerprint density at radius 3 is 2.55 bits per heavy atom. The summed E-state index contributed by atoms with van der Waals surface area (Å²) in [5, 5.41) is 8.73. The molecule has 0 saturated carbocycles. The van der Waals surface area contributed by atoms with Crippen molar-refractivity contribution in [1.82, 2.24) is 10.2 Å². The second-order valence-electron chi connectivity index (χ2n) is 6.68. The standard InChI is InChI=1S/C20H15Cl2N3O4/c21-14-8-7-13-17(16(14)22)25(19(26)20(13)27-9-4-10-28-20)11-15-23-24-18(29-15)12-5-2-1-3-6-12/h1-3,5-8H,4,9-11H2. The Bertz CT molecular complexity index is 1080. The zero-order chi connectivity index (χ0) is 20.0. The van der Waals surface area contributed by atoms with Crippen molar-refractivity contribution in [3.05, 3.63) is 64.0 Å². The lowest BCUT2D eigenvalue weighted by Gasteiger charge is -2.32. The van der Waals surface area contributed by atoms with E-state index in [1.807, 2.05) is 30.3 Å². The van der Waals surface area contributed by atoms with Crippen molar-refractivity contribution in [3.63, 3.8) is 0 Å². The van der Waals surface area contributed by atoms with E-state index in [0.717, 1.165) is 5.56 Å². The Kier molecular flexibility index (Phi) is 4.55. The van der Waals surface area contributed by atoms with Gasteiger partial charge in [0.15, 0.2) is 0 Å². The van der Waals surface area contributed by atoms with Crippen LogP contribution in [0.3, 0.4) is 0 Å². The van der Waals surface area contributed by atoms with Crippen molar-refractivity contribution in [1.29, 1.82) is 0 Å². The molecular formula is C20H15Cl2N3O4. The summed E-state index contributed by atoms with van der Waals surface area (Å²) in [4.78, 5) is 14.8. The summed E-state index contributed by atoms with van der Waals surface area (Å²) in [5.41, 5.74) is 1.75. The van der Waals surface area contributed by atoms with Crippen LogP contribution in [0.1, 0.15) is 17.9 Å². The van der Waals surface area contributed by atoms with Crippen LogP contribution in [0, 0.1) is 0 Å². The first kappa shape index (κ1) is 18.6. The fourth-order valence-electron chi connectivity index (χ4n) is 3.58. The fraction of sp³-hybridized carbons (Fsp3) is 0.250. The van der Waals surface area contributed by atoms with Crippen LogP contribution >= 0.6 is 23.2 Å². The van der Waals surface area contributed by atoms with E-state index in [1.54, 1.807) is 12.1 Å². The van der Waals surface area contributed by atoms with Crippen LogP contribution in [0.5, 0.6) is 0 Å². The minimum absolute atomic E-state index is 0.0141. The SMILES string of the molecule is O=C1N(Cc2nnc(-c3ccccc3)o2)c2c(ccc(Cl)c2Cl)C12OCCCO2. The Morgan fingerprint density at radius 1 is 1.03 bits per heavy atom. The van der Waals surface area contributed by atoms with Crippen LogP contribution in [0.15, 0.2) is 46.9 Å². The molecule has 5 rings (SSSR count). The highest BCUT2D eigenvalue weighted by atomic mass is 35.5. The fourth-order valence-corrected chi connectivity index (χ4v) is 4.00. The molecule has 0 radical (unpaired) electrons. The molecule has 0 aliphatic carbocycles. The third-order valence-electron chi connectivity index (χ3n) is 4.90. The first-order chi connectivity index (χ1) is 14.1. The highest BCUT2D eigenvalue weighted by molar-refractivity contribution is 6.44. The van der Waals surface area contributed by atoms with Gasteiger partial charge in [-0.1, -0.05) is 41.4 Å². The van der Waals surface area contributed by atoms with E-state index in [4.69, 9.17) is 37.1 Å². The Labute approximate surface area is 176 Å². The summed E-state index contributed by atoms with van der Waals surface area (Å²) in [5.74, 6) is -1.29. The smallest absolute Gasteiger partial charge is 0.293 e. The summed E-state index contributed by atoms with van der Waals surface area (Å²) >= 11 is 12.7. The number of aromatic nitrogens is 2. The lowest BCUT2D eigenvalue weighted by atomic mass is 10.1. The average molecular weight is 432 g/mol. The Morgan fingerprint density at radius 2 is 1.79 bits per heavy atom. The predicted octanol–water partition coefficient (Wildman–Crippen LogP) is 4.18. The molecule has 3 aromatic rings. The second-order valence-corrected chi connectivity index (χ2v) is 7.47. The summed E-state index contributed by atoms with van der Waals surface area (Å²) in [6.07, 6.45) is 0.704. The molecule has 0 unspecified atom stereocenters. The van der Waals surface area contributed by atoms with Crippen LogP contribution < -0.4 is 4.90 Å². The van der Waals surface area contributed by atoms with E-state index in [9.17, 15) is 4.79 Å². The molecule has 2 aliphatic rings. The molecule has 1 amide bonds. The number of rotatable bonds is 3. The molecule has 3 heterocycles. The molecule has 1 saturated heterocycles. The normalized spacial score (nSPS) is 17.7. The molecule has 2 aliphatic heterocycles. The highest BCUT2D eigenvalue weighted by Crippen LogP contribution is 2.50. The van der Waals surface area contributed by atoms with Crippen LogP contribution in [-0.4, -0.2) is 29.3 Å². The number of nitrogens with zero attached hydrogens (tertiary/aromatic N) is 3. The number of benzene rings is 2. The Hall–Kier alpha value is -2.45. The molecule has 29 heavy (non-hydrogen) atoms. The van der Waals surface area contributed by atoms with Gasteiger partial charge in [0.25, 0.3) is 11.7 Å². The van der Waals surface area contributed by atoms with E-state index in [1.165, 1.54) is 4.90 Å². The van der Waals surface area contributed by atoms with E-state index in [2.05, 4.69) is 10.2 Å². The van der Waals surface area contributed by atoms with Crippen molar-refractivity contribution in [2.24, 2.45) is 0 Å². The maximum absolute atomic E-state index is 13.4. The van der Waals surface area contributed by atoms with Gasteiger partial charge in [-0.05, 0) is 30.7 Å². The average Bonchev–Trinajstić information content (AvgIpc) is 3.31. The van der Waals surface area contributed by atoms with Gasteiger partial charge in [0.2, 0.25) is 11.8 Å². The zero-order valence-corrected chi connectivity index (χ0v) is 16.6. The molecule has 9 heteroatoms. The summed E-state index contributed by atoms with van der Waals surface area (Å²) in [6, 6.07) is 12.7. The first-order valence-corrected chi connectivity index (χ1v) is 9.82. The van der Waals surface area contributed by atoms with Crippen LogP contribution in [-0.2, 0) is 26.6 Å². The molecule has 148 valence electrons. The summed E-state index contributed by atoms with van der Waals surface area (Å²) < 4.78 is 17.4. The summed E-state index contributed by atoms with van der Waals surface area (Å²) in [7, 11) is 0. The molecular weight excluding hydrogens is 417 g/mol. The van der Waals surface area contributed by atoms with Gasteiger partial charge in [0.05, 0.1) is 28.9 Å². The number of amides is 1. The monoisotopic (exact) mass is 431 g/mol. The number of fused-ring (bicyclic) bond motifs is 2. The number of hydrogen-bond acceptors (Lipinski definition) is 6. The van der Waals surface area contributed by atoms with Crippen molar-refractivity contribution in [3.8, 4) is 11.5 Å². The molecule has 1 spiro atoms. The number of ether oxygens (including phenoxy) is 2. The largest absolute Gasteiger partial charge is 0.419 e. The molecule has 2 aromatic carbocycles. The number of hydrogen-bond donors (Lipinski definition) is 0. The predicted molar refractivity (Wildman–Crippen MR) is 106 cm³/mol. The number of halogens is 2. The van der Waals surface area contributed by atoms with E-state index >= 15 is 0 Å². The minimum Gasteiger partial charge on any atom is -0.419 e. The third-order valence-corrected chi connectivity index (χ3v) is 5.69. The first-order valence-electron chi connectivity index (χ1n) is 9.06. The maximum Gasteiger partial charge on any atom is 0.293 e. The van der Waals surface area contributed by atoms with Crippen LogP contribution in [0.25, 0.3) is 11.5 Å². The van der Waals surface area contributed by atoms with E-state index < -0.39 is 11.7 Å². The molecule has 0 N–H and O–H groups in total. The lowest BCUT2D eigenvalue weighted by Crippen LogP contribution is -2.47. The van der Waals surface area contributed by atoms with Crippen LogP contribution in [0.4, 0.5) is 5.69 Å². The minimum atomic E-state index is -1.52. The van der Waals surface area contributed by atoms with E-state index in [-0.39, 0.29) is 17.5 Å².